The first-order valence-electron chi connectivity index (χ1n) is 9.15. The van der Waals surface area contributed by atoms with E-state index in [1.807, 2.05) is 11.0 Å². The average molecular weight is 330 g/mol. The summed E-state index contributed by atoms with van der Waals surface area (Å²) < 4.78 is 1.61. The van der Waals surface area contributed by atoms with Gasteiger partial charge in [0.2, 0.25) is 5.91 Å². The molecule has 130 valence electrons. The van der Waals surface area contributed by atoms with Crippen molar-refractivity contribution in [2.75, 3.05) is 33.2 Å². The van der Waals surface area contributed by atoms with Gasteiger partial charge in [0, 0.05) is 37.5 Å². The second-order valence-corrected chi connectivity index (χ2v) is 7.76. The number of aromatic nitrogens is 2. The number of amides is 1. The maximum atomic E-state index is 12.6. The minimum absolute atomic E-state index is 0.0296. The quantitative estimate of drug-likeness (QED) is 0.824. The van der Waals surface area contributed by atoms with E-state index >= 15 is 0 Å². The third-order valence-electron chi connectivity index (χ3n) is 5.56. The predicted molar refractivity (Wildman–Crippen MR) is 90.8 cm³/mol. The molecule has 0 N–H and O–H groups in total. The van der Waals surface area contributed by atoms with E-state index in [1.54, 1.807) is 10.7 Å². The second kappa shape index (κ2) is 6.31. The van der Waals surface area contributed by atoms with E-state index in [4.69, 9.17) is 0 Å². The van der Waals surface area contributed by atoms with E-state index in [9.17, 15) is 9.59 Å². The van der Waals surface area contributed by atoms with Gasteiger partial charge in [-0.15, -0.1) is 0 Å². The Hall–Kier alpha value is -1.69. The maximum absolute atomic E-state index is 12.6. The lowest BCUT2D eigenvalue weighted by Gasteiger charge is -2.42. The van der Waals surface area contributed by atoms with E-state index in [1.165, 1.54) is 12.8 Å². The molecule has 1 unspecified atom stereocenters. The second-order valence-electron chi connectivity index (χ2n) is 7.76. The molecule has 0 spiro atoms. The molecule has 1 saturated carbocycles. The Kier molecular flexibility index (Phi) is 4.16. The van der Waals surface area contributed by atoms with Crippen molar-refractivity contribution in [1.82, 2.24) is 19.6 Å². The van der Waals surface area contributed by atoms with Crippen LogP contribution in [-0.4, -0.2) is 58.7 Å². The van der Waals surface area contributed by atoms with Gasteiger partial charge in [0.1, 0.15) is 0 Å². The molecular formula is C18H26N4O2. The zero-order chi connectivity index (χ0) is 16.7. The van der Waals surface area contributed by atoms with Crippen LogP contribution in [0.1, 0.15) is 37.3 Å². The molecule has 0 radical (unpaired) electrons. The van der Waals surface area contributed by atoms with E-state index < -0.39 is 0 Å². The molecule has 4 rings (SSSR count). The Morgan fingerprint density at radius 3 is 2.71 bits per heavy atom. The maximum Gasteiger partial charge on any atom is 0.266 e. The molecule has 1 aromatic heterocycles. The molecule has 6 nitrogen and oxygen atoms in total. The fraction of sp³-hybridized carbons (Fsp3) is 0.722. The Morgan fingerprint density at radius 1 is 1.21 bits per heavy atom. The van der Waals surface area contributed by atoms with E-state index in [0.717, 1.165) is 44.7 Å². The summed E-state index contributed by atoms with van der Waals surface area (Å²) in [6.45, 7) is 4.14. The number of carbonyl (C=O) groups is 1. The molecule has 3 fully saturated rings. The van der Waals surface area contributed by atoms with Crippen LogP contribution in [0.2, 0.25) is 0 Å². The lowest BCUT2D eigenvalue weighted by molar-refractivity contribution is -0.144. The number of hydrogen-bond acceptors (Lipinski definition) is 4. The van der Waals surface area contributed by atoms with Crippen LogP contribution in [0.15, 0.2) is 16.9 Å². The van der Waals surface area contributed by atoms with Gasteiger partial charge < -0.3 is 9.80 Å². The van der Waals surface area contributed by atoms with Crippen molar-refractivity contribution in [3.05, 3.63) is 28.2 Å². The van der Waals surface area contributed by atoms with Crippen LogP contribution < -0.4 is 5.56 Å². The fourth-order valence-electron chi connectivity index (χ4n) is 3.93. The normalized spacial score (nSPS) is 25.5. The number of piperidine rings is 1. The van der Waals surface area contributed by atoms with E-state index in [2.05, 4.69) is 17.0 Å². The summed E-state index contributed by atoms with van der Waals surface area (Å²) in [5, 5.41) is 4.52. The number of likely N-dealkylation sites (tertiary alicyclic amines) is 2. The molecule has 2 aliphatic heterocycles. The van der Waals surface area contributed by atoms with Crippen LogP contribution in [0.25, 0.3) is 0 Å². The summed E-state index contributed by atoms with van der Waals surface area (Å²) in [5.41, 5.74) is 1.02. The van der Waals surface area contributed by atoms with Crippen LogP contribution in [-0.2, 0) is 11.3 Å². The smallest absolute Gasteiger partial charge is 0.266 e. The standard InChI is InChI=1S/C18H26N4O2/c1-20-8-2-3-15(12-20)18(24)21-9-13(10-21)11-22-17(23)7-6-16(19-22)14-4-5-14/h6-7,13-15H,2-5,8-12H2,1H3. The average Bonchev–Trinajstić information content (AvgIpc) is 3.36. The van der Waals surface area contributed by atoms with Crippen molar-refractivity contribution < 1.29 is 4.79 Å². The molecule has 0 aromatic carbocycles. The lowest BCUT2D eigenvalue weighted by atomic mass is 9.92. The van der Waals surface area contributed by atoms with Crippen molar-refractivity contribution in [3.8, 4) is 0 Å². The minimum Gasteiger partial charge on any atom is -0.342 e. The summed E-state index contributed by atoms with van der Waals surface area (Å²) in [6, 6.07) is 3.51. The van der Waals surface area contributed by atoms with Gasteiger partial charge in [-0.3, -0.25) is 9.59 Å². The van der Waals surface area contributed by atoms with Crippen LogP contribution >= 0.6 is 0 Å². The molecule has 1 atom stereocenters. The van der Waals surface area contributed by atoms with Gasteiger partial charge in [0.25, 0.3) is 5.56 Å². The largest absolute Gasteiger partial charge is 0.342 e. The van der Waals surface area contributed by atoms with Gasteiger partial charge >= 0.3 is 0 Å². The molecule has 1 aliphatic carbocycles. The molecule has 6 heteroatoms. The SMILES string of the molecule is CN1CCCC(C(=O)N2CC(Cn3nc(C4CC4)ccc3=O)C2)C1. The van der Waals surface area contributed by atoms with Crippen molar-refractivity contribution in [1.29, 1.82) is 0 Å². The number of rotatable bonds is 4. The van der Waals surface area contributed by atoms with Crippen molar-refractivity contribution in [3.63, 3.8) is 0 Å². The van der Waals surface area contributed by atoms with Gasteiger partial charge in [-0.05, 0) is 45.3 Å². The van der Waals surface area contributed by atoms with Gasteiger partial charge in [-0.1, -0.05) is 0 Å². The Bertz CT molecular complexity index is 676. The Morgan fingerprint density at radius 2 is 2.00 bits per heavy atom. The Labute approximate surface area is 142 Å². The highest BCUT2D eigenvalue weighted by Gasteiger charge is 2.36. The van der Waals surface area contributed by atoms with Gasteiger partial charge in [-0.2, -0.15) is 5.10 Å². The van der Waals surface area contributed by atoms with Crippen molar-refractivity contribution in [2.45, 2.75) is 38.1 Å². The van der Waals surface area contributed by atoms with Crippen molar-refractivity contribution in [2.24, 2.45) is 11.8 Å². The minimum atomic E-state index is -0.0296. The van der Waals surface area contributed by atoms with Crippen LogP contribution in [0.3, 0.4) is 0 Å². The molecule has 3 heterocycles. The number of nitrogens with zero attached hydrogens (tertiary/aromatic N) is 4. The number of hydrogen-bond donors (Lipinski definition) is 0. The molecule has 24 heavy (non-hydrogen) atoms. The van der Waals surface area contributed by atoms with Crippen molar-refractivity contribution >= 4 is 5.91 Å². The summed E-state index contributed by atoms with van der Waals surface area (Å²) in [4.78, 5) is 28.8. The zero-order valence-electron chi connectivity index (χ0n) is 14.4. The predicted octanol–water partition coefficient (Wildman–Crippen LogP) is 0.921. The first-order chi connectivity index (χ1) is 11.6. The lowest BCUT2D eigenvalue weighted by Crippen LogP contribution is -2.55. The first-order valence-corrected chi connectivity index (χ1v) is 9.15. The van der Waals surface area contributed by atoms with Gasteiger partial charge in [0.15, 0.2) is 0 Å². The van der Waals surface area contributed by atoms with Crippen LogP contribution in [0.4, 0.5) is 0 Å². The monoisotopic (exact) mass is 330 g/mol. The molecule has 1 amide bonds. The van der Waals surface area contributed by atoms with E-state index in [0.29, 0.717) is 24.3 Å². The molecule has 1 aromatic rings. The third kappa shape index (κ3) is 3.24. The van der Waals surface area contributed by atoms with Gasteiger partial charge in [0.05, 0.1) is 18.2 Å². The summed E-state index contributed by atoms with van der Waals surface area (Å²) in [6.07, 6.45) is 4.49. The van der Waals surface area contributed by atoms with Crippen LogP contribution in [0, 0.1) is 11.8 Å². The highest BCUT2D eigenvalue weighted by Crippen LogP contribution is 2.38. The fourth-order valence-corrected chi connectivity index (χ4v) is 3.93. The molecular weight excluding hydrogens is 304 g/mol. The van der Waals surface area contributed by atoms with Gasteiger partial charge in [-0.25, -0.2) is 4.68 Å². The third-order valence-corrected chi connectivity index (χ3v) is 5.56. The topological polar surface area (TPSA) is 58.4 Å². The van der Waals surface area contributed by atoms with Crippen LogP contribution in [0.5, 0.6) is 0 Å². The highest BCUT2D eigenvalue weighted by atomic mass is 16.2. The summed E-state index contributed by atoms with van der Waals surface area (Å²) in [7, 11) is 2.09. The zero-order valence-corrected chi connectivity index (χ0v) is 14.4. The van der Waals surface area contributed by atoms with E-state index in [-0.39, 0.29) is 11.5 Å². The molecule has 0 bridgehead atoms. The Balaban J connectivity index is 1.32. The summed E-state index contributed by atoms with van der Waals surface area (Å²) in [5.74, 6) is 1.36. The first kappa shape index (κ1) is 15.8. The highest BCUT2D eigenvalue weighted by molar-refractivity contribution is 5.80. The number of carbonyl (C=O) groups excluding carboxylic acids is 1. The summed E-state index contributed by atoms with van der Waals surface area (Å²) >= 11 is 0. The molecule has 3 aliphatic rings. The molecule has 2 saturated heterocycles.